The van der Waals surface area contributed by atoms with Gasteiger partial charge in [-0.15, -0.1) is 0 Å². The molecule has 0 aliphatic carbocycles. The second-order valence-corrected chi connectivity index (χ2v) is 15.5. The van der Waals surface area contributed by atoms with E-state index in [4.69, 9.17) is 19.2 Å². The third kappa shape index (κ3) is 10.2. The van der Waals surface area contributed by atoms with Crippen molar-refractivity contribution in [2.75, 3.05) is 11.9 Å². The number of aromatic nitrogens is 3. The monoisotopic (exact) mass is 753 g/mol. The Kier molecular flexibility index (Phi) is 11.5. The van der Waals surface area contributed by atoms with Gasteiger partial charge in [0.25, 0.3) is 5.91 Å². The van der Waals surface area contributed by atoms with Crippen molar-refractivity contribution in [1.29, 1.82) is 0 Å². The molecule has 0 saturated heterocycles. The first kappa shape index (κ1) is 39.2. The summed E-state index contributed by atoms with van der Waals surface area (Å²) >= 11 is 0. The summed E-state index contributed by atoms with van der Waals surface area (Å²) in [7, 11) is 0. The van der Waals surface area contributed by atoms with Crippen molar-refractivity contribution in [3.63, 3.8) is 0 Å². The number of hydrogen-bond acceptors (Lipinski definition) is 8. The molecule has 1 atom stereocenters. The SMILES string of the molecule is Cc1nn(C(=O)OC(C)(C)C)c2ccc(-c3cc(OC[C@H](Cc4ccccc4)NC(=O)OC(C)(C)C)cnc3-c3cccc(NC(=O)c4ccccc4)c3)cc12. The molecular formula is C45H47N5O6. The van der Waals surface area contributed by atoms with E-state index in [9.17, 15) is 14.4 Å². The van der Waals surface area contributed by atoms with E-state index in [1.54, 1.807) is 18.3 Å². The minimum Gasteiger partial charge on any atom is -0.490 e. The molecule has 4 aromatic carbocycles. The van der Waals surface area contributed by atoms with Crippen LogP contribution in [-0.4, -0.2) is 56.7 Å². The fourth-order valence-electron chi connectivity index (χ4n) is 6.11. The number of aryl methyl sites for hydroxylation is 1. The maximum atomic E-state index is 13.1. The molecule has 288 valence electrons. The average Bonchev–Trinajstić information content (AvgIpc) is 3.48. The molecule has 0 spiro atoms. The molecule has 11 heteroatoms. The number of benzene rings is 4. The fourth-order valence-corrected chi connectivity index (χ4v) is 6.11. The maximum absolute atomic E-state index is 13.1. The zero-order chi connectivity index (χ0) is 40.0. The highest BCUT2D eigenvalue weighted by Crippen LogP contribution is 2.36. The zero-order valence-corrected chi connectivity index (χ0v) is 32.8. The summed E-state index contributed by atoms with van der Waals surface area (Å²) in [6, 6.07) is 33.5. The minimum absolute atomic E-state index is 0.135. The first-order chi connectivity index (χ1) is 26.6. The number of carbonyl (C=O) groups excluding carboxylic acids is 3. The lowest BCUT2D eigenvalue weighted by atomic mass is 9.97. The molecule has 6 rings (SSSR count). The van der Waals surface area contributed by atoms with E-state index in [1.165, 1.54) is 4.68 Å². The maximum Gasteiger partial charge on any atom is 0.435 e. The Bertz CT molecular complexity index is 2340. The lowest BCUT2D eigenvalue weighted by Gasteiger charge is -2.24. The molecule has 2 N–H and O–H groups in total. The number of anilines is 1. The van der Waals surface area contributed by atoms with Gasteiger partial charge < -0.3 is 24.8 Å². The van der Waals surface area contributed by atoms with Crippen LogP contribution in [0.2, 0.25) is 0 Å². The molecular weight excluding hydrogens is 707 g/mol. The Morgan fingerprint density at radius 3 is 2.16 bits per heavy atom. The van der Waals surface area contributed by atoms with Crippen LogP contribution in [0, 0.1) is 6.92 Å². The first-order valence-electron chi connectivity index (χ1n) is 18.5. The van der Waals surface area contributed by atoms with Crippen molar-refractivity contribution in [3.05, 3.63) is 132 Å². The Morgan fingerprint density at radius 1 is 0.768 bits per heavy atom. The number of carbonyl (C=O) groups is 3. The normalized spacial score (nSPS) is 12.1. The van der Waals surface area contributed by atoms with Gasteiger partial charge in [-0.2, -0.15) is 9.78 Å². The number of pyridine rings is 1. The van der Waals surface area contributed by atoms with Crippen molar-refractivity contribution in [2.24, 2.45) is 0 Å². The number of hydrogen-bond donors (Lipinski definition) is 2. The lowest BCUT2D eigenvalue weighted by molar-refractivity contribution is 0.0484. The highest BCUT2D eigenvalue weighted by Gasteiger charge is 2.24. The summed E-state index contributed by atoms with van der Waals surface area (Å²) < 4.78 is 18.8. The van der Waals surface area contributed by atoms with Gasteiger partial charge in [0.05, 0.1) is 29.1 Å². The number of alkyl carbamates (subject to hydrolysis) is 1. The van der Waals surface area contributed by atoms with Crippen molar-refractivity contribution < 1.29 is 28.6 Å². The molecule has 2 aromatic heterocycles. The number of amides is 2. The summed E-state index contributed by atoms with van der Waals surface area (Å²) in [5.41, 5.74) is 4.99. The smallest absolute Gasteiger partial charge is 0.435 e. The lowest BCUT2D eigenvalue weighted by Crippen LogP contribution is -2.43. The standard InChI is InChI=1S/C45H47N5O6/c1-29-37-25-32(21-22-39(37)50(49-29)43(53)56-45(5,6)7)38-26-36(54-28-35(23-30-15-10-8-11-16-30)48-42(52)55-44(2,3)4)27-46-40(38)33-19-14-20-34(24-33)47-41(51)31-17-12-9-13-18-31/h8-22,24-27,35H,23,28H2,1-7H3,(H,47,51)(H,48,52)/t35-/m0/s1. The minimum atomic E-state index is -0.693. The number of nitrogens with zero attached hydrogens (tertiary/aromatic N) is 3. The second-order valence-electron chi connectivity index (χ2n) is 15.5. The average molecular weight is 754 g/mol. The van der Waals surface area contributed by atoms with E-state index in [0.717, 1.165) is 27.6 Å². The highest BCUT2D eigenvalue weighted by molar-refractivity contribution is 6.04. The van der Waals surface area contributed by atoms with E-state index >= 15 is 0 Å². The molecule has 2 heterocycles. The summed E-state index contributed by atoms with van der Waals surface area (Å²) in [5.74, 6) is 0.246. The third-order valence-electron chi connectivity index (χ3n) is 8.53. The number of rotatable bonds is 10. The topological polar surface area (TPSA) is 134 Å². The van der Waals surface area contributed by atoms with E-state index in [-0.39, 0.29) is 12.5 Å². The highest BCUT2D eigenvalue weighted by atomic mass is 16.6. The van der Waals surface area contributed by atoms with E-state index in [0.29, 0.717) is 40.3 Å². The molecule has 2 amide bonds. The molecule has 0 aliphatic heterocycles. The third-order valence-corrected chi connectivity index (χ3v) is 8.53. The van der Waals surface area contributed by atoms with E-state index in [1.807, 2.05) is 146 Å². The zero-order valence-electron chi connectivity index (χ0n) is 32.8. The van der Waals surface area contributed by atoms with Crippen LogP contribution in [0.3, 0.4) is 0 Å². The van der Waals surface area contributed by atoms with Gasteiger partial charge in [-0.1, -0.05) is 66.7 Å². The van der Waals surface area contributed by atoms with Gasteiger partial charge in [-0.05, 0) is 108 Å². The van der Waals surface area contributed by atoms with Crippen LogP contribution in [0.25, 0.3) is 33.3 Å². The molecule has 0 fully saturated rings. The van der Waals surface area contributed by atoms with E-state index < -0.39 is 29.4 Å². The van der Waals surface area contributed by atoms with Crippen LogP contribution in [0.4, 0.5) is 15.3 Å². The van der Waals surface area contributed by atoms with Crippen molar-refractivity contribution in [1.82, 2.24) is 20.1 Å². The van der Waals surface area contributed by atoms with Gasteiger partial charge in [-0.25, -0.2) is 9.59 Å². The second kappa shape index (κ2) is 16.5. The van der Waals surface area contributed by atoms with Crippen molar-refractivity contribution >= 4 is 34.7 Å². The van der Waals surface area contributed by atoms with E-state index in [2.05, 4.69) is 15.7 Å². The number of ether oxygens (including phenoxy) is 3. The molecule has 0 saturated carbocycles. The van der Waals surface area contributed by atoms with Gasteiger partial charge >= 0.3 is 12.2 Å². The Hall–Kier alpha value is -6.49. The Morgan fingerprint density at radius 2 is 1.46 bits per heavy atom. The fraction of sp³-hybridized carbons (Fsp3) is 0.267. The summed E-state index contributed by atoms with van der Waals surface area (Å²) in [6.45, 7) is 12.9. The summed E-state index contributed by atoms with van der Waals surface area (Å²) in [6.07, 6.45) is 1.05. The Balaban J connectivity index is 1.36. The van der Waals surface area contributed by atoms with Crippen LogP contribution in [0.15, 0.2) is 115 Å². The quantitative estimate of drug-likeness (QED) is 0.141. The molecule has 56 heavy (non-hydrogen) atoms. The Labute approximate surface area is 327 Å². The molecule has 0 bridgehead atoms. The predicted octanol–water partition coefficient (Wildman–Crippen LogP) is 9.62. The van der Waals surface area contributed by atoms with Crippen LogP contribution in [0.1, 0.15) is 63.2 Å². The van der Waals surface area contributed by atoms with Crippen molar-refractivity contribution in [2.45, 2.75) is 72.1 Å². The van der Waals surface area contributed by atoms with Gasteiger partial charge in [-0.3, -0.25) is 9.78 Å². The van der Waals surface area contributed by atoms with Crippen LogP contribution < -0.4 is 15.4 Å². The van der Waals surface area contributed by atoms with Gasteiger partial charge in [0, 0.05) is 27.8 Å². The molecule has 11 nitrogen and oxygen atoms in total. The molecule has 0 unspecified atom stereocenters. The van der Waals surface area contributed by atoms with Crippen LogP contribution >= 0.6 is 0 Å². The predicted molar refractivity (Wildman–Crippen MR) is 218 cm³/mol. The number of nitrogens with one attached hydrogen (secondary N) is 2. The summed E-state index contributed by atoms with van der Waals surface area (Å²) in [5, 5.41) is 11.2. The molecule has 0 aliphatic rings. The molecule has 0 radical (unpaired) electrons. The molecule has 6 aromatic rings. The van der Waals surface area contributed by atoms with Gasteiger partial charge in [0.2, 0.25) is 0 Å². The first-order valence-corrected chi connectivity index (χ1v) is 18.5. The van der Waals surface area contributed by atoms with Crippen LogP contribution in [-0.2, 0) is 15.9 Å². The van der Waals surface area contributed by atoms with Crippen molar-refractivity contribution in [3.8, 4) is 28.1 Å². The van der Waals surface area contributed by atoms with Crippen LogP contribution in [0.5, 0.6) is 5.75 Å². The number of fused-ring (bicyclic) bond motifs is 1. The van der Waals surface area contributed by atoms with Gasteiger partial charge in [0.15, 0.2) is 0 Å². The summed E-state index contributed by atoms with van der Waals surface area (Å²) in [4.78, 5) is 43.9. The largest absolute Gasteiger partial charge is 0.490 e. The van der Waals surface area contributed by atoms with Gasteiger partial charge in [0.1, 0.15) is 23.6 Å².